The molecule has 8 heteroatoms. The number of hydrogen-bond acceptors (Lipinski definition) is 3. The van der Waals surface area contributed by atoms with Crippen LogP contribution in [0.3, 0.4) is 0 Å². The fraction of sp³-hybridized carbons (Fsp3) is 0.471. The third-order valence-electron chi connectivity index (χ3n) is 4.11. The van der Waals surface area contributed by atoms with Crippen LogP contribution in [0.4, 0.5) is 13.2 Å². The summed E-state index contributed by atoms with van der Waals surface area (Å²) in [6.45, 7) is -0.562. The molecule has 1 aromatic carbocycles. The van der Waals surface area contributed by atoms with Crippen molar-refractivity contribution >= 4 is 5.91 Å². The SMILES string of the molecule is O=C1CCCN1Cc1nc(CCc2ccccc2)nn1CC(F)(F)F. The molecule has 1 aliphatic rings. The van der Waals surface area contributed by atoms with Gasteiger partial charge in [0, 0.05) is 19.4 Å². The summed E-state index contributed by atoms with van der Waals surface area (Å²) in [5.74, 6) is 0.512. The number of alkyl halides is 3. The molecule has 0 spiro atoms. The molecule has 0 atom stereocenters. The maximum Gasteiger partial charge on any atom is 0.408 e. The summed E-state index contributed by atoms with van der Waals surface area (Å²) in [4.78, 5) is 17.5. The molecule has 3 rings (SSSR count). The summed E-state index contributed by atoms with van der Waals surface area (Å²) in [7, 11) is 0. The fourth-order valence-corrected chi connectivity index (χ4v) is 2.89. The Balaban J connectivity index is 1.74. The fourth-order valence-electron chi connectivity index (χ4n) is 2.89. The van der Waals surface area contributed by atoms with Gasteiger partial charge in [0.25, 0.3) is 0 Å². The number of aryl methyl sites for hydroxylation is 2. The van der Waals surface area contributed by atoms with Crippen LogP contribution in [-0.4, -0.2) is 38.3 Å². The molecule has 1 saturated heterocycles. The van der Waals surface area contributed by atoms with Gasteiger partial charge in [0.15, 0.2) is 5.82 Å². The van der Waals surface area contributed by atoms with Crippen molar-refractivity contribution in [1.29, 1.82) is 0 Å². The highest BCUT2D eigenvalue weighted by atomic mass is 19.4. The quantitative estimate of drug-likeness (QED) is 0.803. The van der Waals surface area contributed by atoms with Crippen molar-refractivity contribution in [2.75, 3.05) is 6.54 Å². The Bertz CT molecular complexity index is 727. The number of halogens is 3. The lowest BCUT2D eigenvalue weighted by Crippen LogP contribution is -2.28. The Morgan fingerprint density at radius 3 is 2.52 bits per heavy atom. The van der Waals surface area contributed by atoms with E-state index >= 15 is 0 Å². The van der Waals surface area contributed by atoms with Gasteiger partial charge in [-0.1, -0.05) is 30.3 Å². The zero-order valence-corrected chi connectivity index (χ0v) is 13.7. The topological polar surface area (TPSA) is 51.0 Å². The zero-order chi connectivity index (χ0) is 17.9. The average molecular weight is 352 g/mol. The summed E-state index contributed by atoms with van der Waals surface area (Å²) in [6, 6.07) is 9.64. The van der Waals surface area contributed by atoms with Crippen LogP contribution in [0.25, 0.3) is 0 Å². The van der Waals surface area contributed by atoms with E-state index in [1.165, 1.54) is 4.90 Å². The maximum atomic E-state index is 12.8. The van der Waals surface area contributed by atoms with Crippen molar-refractivity contribution in [2.45, 2.75) is 44.9 Å². The second-order valence-electron chi connectivity index (χ2n) is 6.12. The molecule has 5 nitrogen and oxygen atoms in total. The number of carbonyl (C=O) groups is 1. The lowest BCUT2D eigenvalue weighted by Gasteiger charge is -2.15. The first-order valence-electron chi connectivity index (χ1n) is 8.22. The van der Waals surface area contributed by atoms with E-state index in [4.69, 9.17) is 0 Å². The minimum Gasteiger partial charge on any atom is -0.335 e. The van der Waals surface area contributed by atoms with E-state index in [0.717, 1.165) is 16.7 Å². The highest BCUT2D eigenvalue weighted by molar-refractivity contribution is 5.77. The van der Waals surface area contributed by atoms with Crippen molar-refractivity contribution in [3.05, 3.63) is 47.5 Å². The molecule has 2 heterocycles. The number of carbonyl (C=O) groups excluding carboxylic acids is 1. The number of nitrogens with zero attached hydrogens (tertiary/aromatic N) is 4. The van der Waals surface area contributed by atoms with Gasteiger partial charge in [0.05, 0.1) is 6.54 Å². The molecular formula is C17H19F3N4O. The second kappa shape index (κ2) is 7.25. The second-order valence-corrected chi connectivity index (χ2v) is 6.12. The van der Waals surface area contributed by atoms with Gasteiger partial charge >= 0.3 is 6.18 Å². The molecule has 0 saturated carbocycles. The van der Waals surface area contributed by atoms with Gasteiger partial charge in [0.2, 0.25) is 5.91 Å². The first kappa shape index (κ1) is 17.4. The molecule has 0 bridgehead atoms. The predicted octanol–water partition coefficient (Wildman–Crippen LogP) is 2.75. The monoisotopic (exact) mass is 352 g/mol. The van der Waals surface area contributed by atoms with Crippen molar-refractivity contribution in [2.24, 2.45) is 0 Å². The largest absolute Gasteiger partial charge is 0.408 e. The van der Waals surface area contributed by atoms with Crippen LogP contribution in [-0.2, 0) is 30.7 Å². The van der Waals surface area contributed by atoms with Crippen LogP contribution in [0.1, 0.15) is 30.1 Å². The Kier molecular flexibility index (Phi) is 5.06. The van der Waals surface area contributed by atoms with Crippen LogP contribution in [0.2, 0.25) is 0 Å². The first-order chi connectivity index (χ1) is 11.9. The van der Waals surface area contributed by atoms with Gasteiger partial charge in [-0.05, 0) is 18.4 Å². The molecule has 2 aromatic rings. The highest BCUT2D eigenvalue weighted by Gasteiger charge is 2.31. The van der Waals surface area contributed by atoms with Gasteiger partial charge in [-0.15, -0.1) is 0 Å². The summed E-state index contributed by atoms with van der Waals surface area (Å²) in [5, 5.41) is 4.03. The van der Waals surface area contributed by atoms with E-state index in [1.807, 2.05) is 30.3 Å². The molecule has 1 aromatic heterocycles. The number of aromatic nitrogens is 3. The van der Waals surface area contributed by atoms with Crippen LogP contribution < -0.4 is 0 Å². The molecule has 0 unspecified atom stereocenters. The van der Waals surface area contributed by atoms with Gasteiger partial charge in [-0.2, -0.15) is 18.3 Å². The molecular weight excluding hydrogens is 333 g/mol. The Labute approximate surface area is 143 Å². The van der Waals surface area contributed by atoms with Gasteiger partial charge in [-0.3, -0.25) is 4.79 Å². The lowest BCUT2D eigenvalue weighted by molar-refractivity contribution is -0.143. The van der Waals surface area contributed by atoms with E-state index in [0.29, 0.717) is 31.6 Å². The van der Waals surface area contributed by atoms with Crippen molar-refractivity contribution in [3.8, 4) is 0 Å². The number of likely N-dealkylation sites (tertiary alicyclic amines) is 1. The minimum absolute atomic E-state index is 0.0487. The van der Waals surface area contributed by atoms with Crippen LogP contribution in [0.15, 0.2) is 30.3 Å². The Morgan fingerprint density at radius 2 is 1.88 bits per heavy atom. The first-order valence-corrected chi connectivity index (χ1v) is 8.22. The Hall–Kier alpha value is -2.38. The van der Waals surface area contributed by atoms with E-state index in [1.54, 1.807) is 0 Å². The van der Waals surface area contributed by atoms with E-state index < -0.39 is 12.7 Å². The summed E-state index contributed by atoms with van der Waals surface area (Å²) in [5.41, 5.74) is 1.07. The molecule has 1 amide bonds. The number of rotatable bonds is 6. The normalized spacial score (nSPS) is 15.2. The third kappa shape index (κ3) is 4.80. The third-order valence-corrected chi connectivity index (χ3v) is 4.11. The van der Waals surface area contributed by atoms with E-state index in [2.05, 4.69) is 10.1 Å². The molecule has 134 valence electrons. The standard InChI is InChI=1S/C17H19F3N4O/c18-17(19,20)12-24-15(11-23-10-4-7-16(23)25)21-14(22-24)9-8-13-5-2-1-3-6-13/h1-3,5-6H,4,7-12H2. The van der Waals surface area contributed by atoms with Crippen LogP contribution in [0.5, 0.6) is 0 Å². The highest BCUT2D eigenvalue weighted by Crippen LogP contribution is 2.20. The smallest absolute Gasteiger partial charge is 0.335 e. The summed E-state index contributed by atoms with van der Waals surface area (Å²) < 4.78 is 39.3. The van der Waals surface area contributed by atoms with E-state index in [-0.39, 0.29) is 18.3 Å². The number of hydrogen-bond donors (Lipinski definition) is 0. The Morgan fingerprint density at radius 1 is 1.12 bits per heavy atom. The molecule has 0 radical (unpaired) electrons. The van der Waals surface area contributed by atoms with Crippen molar-refractivity contribution in [3.63, 3.8) is 0 Å². The van der Waals surface area contributed by atoms with E-state index in [9.17, 15) is 18.0 Å². The number of amides is 1. The van der Waals surface area contributed by atoms with Crippen molar-refractivity contribution in [1.82, 2.24) is 19.7 Å². The molecule has 0 N–H and O–H groups in total. The lowest BCUT2D eigenvalue weighted by atomic mass is 10.1. The molecule has 1 aliphatic heterocycles. The maximum absolute atomic E-state index is 12.8. The molecule has 25 heavy (non-hydrogen) atoms. The van der Waals surface area contributed by atoms with Gasteiger partial charge in [-0.25, -0.2) is 9.67 Å². The van der Waals surface area contributed by atoms with Crippen LogP contribution >= 0.6 is 0 Å². The van der Waals surface area contributed by atoms with Gasteiger partial charge < -0.3 is 4.90 Å². The minimum atomic E-state index is -4.38. The van der Waals surface area contributed by atoms with Crippen LogP contribution in [0, 0.1) is 0 Å². The van der Waals surface area contributed by atoms with Gasteiger partial charge in [0.1, 0.15) is 12.4 Å². The summed E-state index contributed by atoms with van der Waals surface area (Å²) >= 11 is 0. The predicted molar refractivity (Wildman–Crippen MR) is 84.6 cm³/mol. The molecule has 0 aliphatic carbocycles. The average Bonchev–Trinajstić information content (AvgIpc) is 3.12. The summed E-state index contributed by atoms with van der Waals surface area (Å²) in [6.07, 6.45) is -2.11. The van der Waals surface area contributed by atoms with Crippen molar-refractivity contribution < 1.29 is 18.0 Å². The molecule has 1 fully saturated rings. The zero-order valence-electron chi connectivity index (χ0n) is 13.7. The number of benzene rings is 1.